The van der Waals surface area contributed by atoms with Crippen molar-refractivity contribution in [1.29, 1.82) is 0 Å². The van der Waals surface area contributed by atoms with Gasteiger partial charge in [-0.2, -0.15) is 0 Å². The Kier molecular flexibility index (Phi) is 4.96. The summed E-state index contributed by atoms with van der Waals surface area (Å²) < 4.78 is 6.17. The quantitative estimate of drug-likeness (QED) is 0.862. The third kappa shape index (κ3) is 4.86. The number of carboxylic acid groups (broad SMARTS) is 1. The summed E-state index contributed by atoms with van der Waals surface area (Å²) in [4.78, 5) is 21.6. The third-order valence-electron chi connectivity index (χ3n) is 1.91. The van der Waals surface area contributed by atoms with E-state index in [1.807, 2.05) is 0 Å². The van der Waals surface area contributed by atoms with Gasteiger partial charge in [0.05, 0.1) is 0 Å². The van der Waals surface area contributed by atoms with Crippen molar-refractivity contribution in [2.45, 2.75) is 13.0 Å². The molecule has 0 aliphatic carbocycles. The van der Waals surface area contributed by atoms with Crippen molar-refractivity contribution in [3.05, 3.63) is 28.7 Å². The van der Waals surface area contributed by atoms with Gasteiger partial charge in [-0.15, -0.1) is 0 Å². The van der Waals surface area contributed by atoms with Gasteiger partial charge in [-0.05, 0) is 24.3 Å². The molecule has 1 unspecified atom stereocenters. The molecule has 0 aromatic heterocycles. The van der Waals surface area contributed by atoms with Gasteiger partial charge in [0, 0.05) is 11.4 Å². The average Bonchev–Trinajstić information content (AvgIpc) is 2.25. The molecule has 0 fully saturated rings. The van der Waals surface area contributed by atoms with Gasteiger partial charge in [0.2, 0.25) is 5.91 Å². The summed E-state index contributed by atoms with van der Waals surface area (Å²) in [5.74, 6) is -0.987. The van der Waals surface area contributed by atoms with Gasteiger partial charge < -0.3 is 15.2 Å². The van der Waals surface area contributed by atoms with E-state index < -0.39 is 17.9 Å². The van der Waals surface area contributed by atoms with Crippen LogP contribution in [0.4, 0.5) is 0 Å². The van der Waals surface area contributed by atoms with Crippen LogP contribution in [0.5, 0.6) is 5.75 Å². The van der Waals surface area contributed by atoms with E-state index in [1.54, 1.807) is 24.3 Å². The number of hydrogen-bond acceptors (Lipinski definition) is 3. The summed E-state index contributed by atoms with van der Waals surface area (Å²) in [5, 5.41) is 11.1. The molecule has 0 saturated heterocycles. The van der Waals surface area contributed by atoms with Crippen LogP contribution in [-0.4, -0.2) is 29.6 Å². The highest BCUT2D eigenvalue weighted by atomic mass is 79.9. The zero-order valence-electron chi connectivity index (χ0n) is 9.14. The molecular weight excluding hydrogens is 290 g/mol. The van der Waals surface area contributed by atoms with Crippen molar-refractivity contribution in [2.75, 3.05) is 6.61 Å². The summed E-state index contributed by atoms with van der Waals surface area (Å²) in [7, 11) is 0. The maximum atomic E-state index is 10.8. The van der Waals surface area contributed by atoms with E-state index in [4.69, 9.17) is 9.84 Å². The molecule has 1 aromatic carbocycles. The van der Waals surface area contributed by atoms with E-state index in [0.717, 1.165) is 4.47 Å². The lowest BCUT2D eigenvalue weighted by Crippen LogP contribution is -2.43. The number of carboxylic acids is 1. The Morgan fingerprint density at radius 1 is 1.41 bits per heavy atom. The predicted octanol–water partition coefficient (Wildman–Crippen LogP) is 1.42. The van der Waals surface area contributed by atoms with Crippen molar-refractivity contribution in [3.63, 3.8) is 0 Å². The second-order valence-electron chi connectivity index (χ2n) is 3.36. The fourth-order valence-electron chi connectivity index (χ4n) is 1.13. The smallest absolute Gasteiger partial charge is 0.329 e. The van der Waals surface area contributed by atoms with Crippen LogP contribution in [0.3, 0.4) is 0 Å². The van der Waals surface area contributed by atoms with E-state index in [0.29, 0.717) is 5.75 Å². The molecule has 1 amide bonds. The van der Waals surface area contributed by atoms with Crippen molar-refractivity contribution in [1.82, 2.24) is 5.32 Å². The molecule has 0 spiro atoms. The van der Waals surface area contributed by atoms with Crippen LogP contribution in [-0.2, 0) is 9.59 Å². The number of nitrogens with one attached hydrogen (secondary N) is 1. The number of amides is 1. The lowest BCUT2D eigenvalue weighted by molar-refractivity contribution is -0.142. The Morgan fingerprint density at radius 3 is 2.47 bits per heavy atom. The largest absolute Gasteiger partial charge is 0.491 e. The molecule has 1 atom stereocenters. The zero-order chi connectivity index (χ0) is 12.8. The van der Waals surface area contributed by atoms with Gasteiger partial charge >= 0.3 is 5.97 Å². The van der Waals surface area contributed by atoms with E-state index in [2.05, 4.69) is 21.2 Å². The lowest BCUT2D eigenvalue weighted by Gasteiger charge is -2.14. The minimum atomic E-state index is -1.13. The Balaban J connectivity index is 2.54. The van der Waals surface area contributed by atoms with Crippen LogP contribution in [0.25, 0.3) is 0 Å². The second-order valence-corrected chi connectivity index (χ2v) is 4.27. The van der Waals surface area contributed by atoms with Gasteiger partial charge in [0.15, 0.2) is 6.04 Å². The Bertz CT molecular complexity index is 404. The first kappa shape index (κ1) is 13.5. The van der Waals surface area contributed by atoms with Crippen molar-refractivity contribution in [3.8, 4) is 5.75 Å². The number of halogens is 1. The highest BCUT2D eigenvalue weighted by molar-refractivity contribution is 9.10. The molecule has 2 N–H and O–H groups in total. The normalized spacial score (nSPS) is 11.6. The summed E-state index contributed by atoms with van der Waals surface area (Å²) in [5.41, 5.74) is 0. The standard InChI is InChI=1S/C11H12BrNO4/c1-7(14)13-10(11(15)16)6-17-9-4-2-8(12)3-5-9/h2-5,10H,6H2,1H3,(H,13,14)(H,15,16). The van der Waals surface area contributed by atoms with E-state index in [-0.39, 0.29) is 6.61 Å². The first-order valence-electron chi connectivity index (χ1n) is 4.87. The second kappa shape index (κ2) is 6.24. The molecule has 0 aliphatic heterocycles. The number of carbonyl (C=O) groups excluding carboxylic acids is 1. The van der Waals surface area contributed by atoms with Crippen molar-refractivity contribution in [2.24, 2.45) is 0 Å². The van der Waals surface area contributed by atoms with Gasteiger partial charge in [0.25, 0.3) is 0 Å². The summed E-state index contributed by atoms with van der Waals surface area (Å²) in [6, 6.07) is 5.93. The molecule has 92 valence electrons. The number of hydrogen-bond donors (Lipinski definition) is 2. The molecule has 6 heteroatoms. The maximum Gasteiger partial charge on any atom is 0.329 e. The summed E-state index contributed by atoms with van der Waals surface area (Å²) in [6.07, 6.45) is 0. The van der Waals surface area contributed by atoms with E-state index >= 15 is 0 Å². The Hall–Kier alpha value is -1.56. The maximum absolute atomic E-state index is 10.8. The molecule has 0 aliphatic rings. The van der Waals surface area contributed by atoms with Crippen molar-refractivity contribution < 1.29 is 19.4 Å². The molecule has 0 heterocycles. The number of ether oxygens (including phenoxy) is 1. The monoisotopic (exact) mass is 301 g/mol. The highest BCUT2D eigenvalue weighted by Gasteiger charge is 2.18. The minimum absolute atomic E-state index is 0.115. The van der Waals surface area contributed by atoms with Crippen LogP contribution in [0.2, 0.25) is 0 Å². The van der Waals surface area contributed by atoms with E-state index in [1.165, 1.54) is 6.92 Å². The summed E-state index contributed by atoms with van der Waals surface area (Å²) >= 11 is 3.27. The number of benzene rings is 1. The fourth-order valence-corrected chi connectivity index (χ4v) is 1.39. The SMILES string of the molecule is CC(=O)NC(COc1ccc(Br)cc1)C(=O)O. The third-order valence-corrected chi connectivity index (χ3v) is 2.43. The van der Waals surface area contributed by atoms with Crippen LogP contribution in [0.1, 0.15) is 6.92 Å². The predicted molar refractivity (Wildman–Crippen MR) is 64.9 cm³/mol. The first-order valence-corrected chi connectivity index (χ1v) is 5.66. The topological polar surface area (TPSA) is 75.6 Å². The number of rotatable bonds is 5. The molecular formula is C11H12BrNO4. The molecule has 17 heavy (non-hydrogen) atoms. The van der Waals surface area contributed by atoms with Crippen LogP contribution in [0, 0.1) is 0 Å². The fraction of sp³-hybridized carbons (Fsp3) is 0.273. The van der Waals surface area contributed by atoms with Crippen molar-refractivity contribution >= 4 is 27.8 Å². The molecule has 1 aromatic rings. The van der Waals surface area contributed by atoms with Gasteiger partial charge in [-0.3, -0.25) is 4.79 Å². The molecule has 5 nitrogen and oxygen atoms in total. The molecule has 0 radical (unpaired) electrons. The van der Waals surface area contributed by atoms with Crippen LogP contribution in [0.15, 0.2) is 28.7 Å². The first-order chi connectivity index (χ1) is 7.99. The zero-order valence-corrected chi connectivity index (χ0v) is 10.7. The summed E-state index contributed by atoms with van der Waals surface area (Å²) in [6.45, 7) is 1.14. The average molecular weight is 302 g/mol. The van der Waals surface area contributed by atoms with Crippen LogP contribution < -0.4 is 10.1 Å². The highest BCUT2D eigenvalue weighted by Crippen LogP contribution is 2.16. The lowest BCUT2D eigenvalue weighted by atomic mass is 10.3. The Labute approximate surface area is 107 Å². The molecule has 1 rings (SSSR count). The molecule has 0 bridgehead atoms. The molecule has 0 saturated carbocycles. The Morgan fingerprint density at radius 2 is 2.00 bits per heavy atom. The number of aliphatic carboxylic acids is 1. The minimum Gasteiger partial charge on any atom is -0.491 e. The van der Waals surface area contributed by atoms with Gasteiger partial charge in [0.1, 0.15) is 12.4 Å². The van der Waals surface area contributed by atoms with Crippen LogP contribution >= 0.6 is 15.9 Å². The van der Waals surface area contributed by atoms with E-state index in [9.17, 15) is 9.59 Å². The van der Waals surface area contributed by atoms with Gasteiger partial charge in [-0.25, -0.2) is 4.79 Å². The number of carbonyl (C=O) groups is 2. The van der Waals surface area contributed by atoms with Gasteiger partial charge in [-0.1, -0.05) is 15.9 Å².